The third-order valence-corrected chi connectivity index (χ3v) is 4.86. The zero-order valence-electron chi connectivity index (χ0n) is 12.3. The lowest BCUT2D eigenvalue weighted by molar-refractivity contribution is 0.0884. The average Bonchev–Trinajstić information content (AvgIpc) is 2.80. The Morgan fingerprint density at radius 1 is 1.38 bits per heavy atom. The molecule has 0 aromatic heterocycles. The van der Waals surface area contributed by atoms with Gasteiger partial charge in [-0.05, 0) is 44.8 Å². The van der Waals surface area contributed by atoms with Crippen LogP contribution in [0.1, 0.15) is 25.3 Å². The molecule has 1 aromatic carbocycles. The van der Waals surface area contributed by atoms with E-state index in [9.17, 15) is 9.90 Å². The number of hydrogen-bond acceptors (Lipinski definition) is 4. The van der Waals surface area contributed by atoms with Gasteiger partial charge in [-0.3, -0.25) is 4.90 Å². The fraction of sp³-hybridized carbons (Fsp3) is 0.562. The van der Waals surface area contributed by atoms with E-state index in [0.29, 0.717) is 19.1 Å². The Kier molecular flexibility index (Phi) is 3.76. The van der Waals surface area contributed by atoms with Gasteiger partial charge in [-0.15, -0.1) is 0 Å². The first-order chi connectivity index (χ1) is 10.1. The molecule has 0 radical (unpaired) electrons. The quantitative estimate of drug-likeness (QED) is 0.895. The highest BCUT2D eigenvalue weighted by atomic mass is 16.6. The third-order valence-electron chi connectivity index (χ3n) is 4.86. The van der Waals surface area contributed by atoms with Gasteiger partial charge < -0.3 is 15.2 Å². The number of benzene rings is 1. The standard InChI is InChI=1S/C16H22N2O3/c1-16(13-6-8-17-9-7-13)11-21-15(20)18(16)10-12-4-2-3-5-14(12)19/h2-5,13,17,19H,6-11H2,1H3. The summed E-state index contributed by atoms with van der Waals surface area (Å²) in [7, 11) is 0. The van der Waals surface area contributed by atoms with E-state index in [-0.39, 0.29) is 17.4 Å². The number of hydrogen-bond donors (Lipinski definition) is 2. The minimum atomic E-state index is -0.290. The number of cyclic esters (lactones) is 1. The molecule has 2 heterocycles. The molecule has 2 fully saturated rings. The molecule has 2 saturated heterocycles. The number of nitrogens with one attached hydrogen (secondary N) is 1. The van der Waals surface area contributed by atoms with Crippen LogP contribution in [0.4, 0.5) is 4.79 Å². The van der Waals surface area contributed by atoms with E-state index in [4.69, 9.17) is 4.74 Å². The molecule has 1 atom stereocenters. The first-order valence-electron chi connectivity index (χ1n) is 7.53. The van der Waals surface area contributed by atoms with Gasteiger partial charge in [0.05, 0.1) is 12.1 Å². The Balaban J connectivity index is 1.83. The van der Waals surface area contributed by atoms with Crippen molar-refractivity contribution in [2.75, 3.05) is 19.7 Å². The highest BCUT2D eigenvalue weighted by Gasteiger charge is 2.49. The van der Waals surface area contributed by atoms with Crippen molar-refractivity contribution in [3.63, 3.8) is 0 Å². The fourth-order valence-corrected chi connectivity index (χ4v) is 3.41. The number of para-hydroxylation sites is 1. The molecule has 0 spiro atoms. The summed E-state index contributed by atoms with van der Waals surface area (Å²) in [6.07, 6.45) is 1.81. The van der Waals surface area contributed by atoms with Gasteiger partial charge in [0.1, 0.15) is 12.4 Å². The van der Waals surface area contributed by atoms with E-state index < -0.39 is 0 Å². The Bertz CT molecular complexity index is 528. The maximum atomic E-state index is 12.2. The number of carbonyl (C=O) groups excluding carboxylic acids is 1. The Morgan fingerprint density at radius 2 is 2.10 bits per heavy atom. The number of phenols is 1. The highest BCUT2D eigenvalue weighted by molar-refractivity contribution is 5.71. The molecule has 1 amide bonds. The third kappa shape index (κ3) is 2.58. The van der Waals surface area contributed by atoms with Crippen LogP contribution in [-0.2, 0) is 11.3 Å². The predicted molar refractivity (Wildman–Crippen MR) is 79.0 cm³/mol. The number of rotatable bonds is 3. The van der Waals surface area contributed by atoms with Crippen LogP contribution in [0.3, 0.4) is 0 Å². The molecule has 0 saturated carbocycles. The van der Waals surface area contributed by atoms with Crippen LogP contribution in [0.15, 0.2) is 24.3 Å². The van der Waals surface area contributed by atoms with E-state index in [1.165, 1.54) is 0 Å². The summed E-state index contributed by atoms with van der Waals surface area (Å²) in [6, 6.07) is 7.16. The van der Waals surface area contributed by atoms with Gasteiger partial charge in [0.25, 0.3) is 0 Å². The zero-order valence-corrected chi connectivity index (χ0v) is 12.3. The molecule has 2 aliphatic rings. The van der Waals surface area contributed by atoms with Gasteiger partial charge >= 0.3 is 6.09 Å². The molecular weight excluding hydrogens is 268 g/mol. The van der Waals surface area contributed by atoms with E-state index in [1.54, 1.807) is 17.0 Å². The molecule has 2 aliphatic heterocycles. The summed E-state index contributed by atoms with van der Waals surface area (Å²) in [5.41, 5.74) is 0.470. The minimum absolute atomic E-state index is 0.227. The average molecular weight is 290 g/mol. The summed E-state index contributed by atoms with van der Waals surface area (Å²) < 4.78 is 5.33. The Hall–Kier alpha value is -1.75. The van der Waals surface area contributed by atoms with Gasteiger partial charge in [-0.25, -0.2) is 4.79 Å². The lowest BCUT2D eigenvalue weighted by Crippen LogP contribution is -2.52. The largest absolute Gasteiger partial charge is 0.508 e. The number of piperidine rings is 1. The number of carbonyl (C=O) groups is 1. The molecule has 2 N–H and O–H groups in total. The monoisotopic (exact) mass is 290 g/mol. The topological polar surface area (TPSA) is 61.8 Å². The van der Waals surface area contributed by atoms with Crippen molar-refractivity contribution >= 4 is 6.09 Å². The first-order valence-corrected chi connectivity index (χ1v) is 7.53. The van der Waals surface area contributed by atoms with Crippen LogP contribution in [0.25, 0.3) is 0 Å². The zero-order chi connectivity index (χ0) is 14.9. The second kappa shape index (κ2) is 5.56. The molecule has 5 nitrogen and oxygen atoms in total. The van der Waals surface area contributed by atoms with E-state index in [2.05, 4.69) is 12.2 Å². The van der Waals surface area contributed by atoms with E-state index in [1.807, 2.05) is 12.1 Å². The van der Waals surface area contributed by atoms with Crippen LogP contribution in [0.2, 0.25) is 0 Å². The normalized spacial score (nSPS) is 26.9. The molecule has 3 rings (SSSR count). The van der Waals surface area contributed by atoms with Crippen molar-refractivity contribution in [2.24, 2.45) is 5.92 Å². The van der Waals surface area contributed by atoms with Crippen molar-refractivity contribution in [2.45, 2.75) is 31.8 Å². The molecule has 1 aromatic rings. The van der Waals surface area contributed by atoms with E-state index >= 15 is 0 Å². The number of phenolic OH excluding ortho intramolecular Hbond substituents is 1. The van der Waals surface area contributed by atoms with Crippen LogP contribution in [-0.4, -0.2) is 41.3 Å². The molecule has 5 heteroatoms. The molecule has 114 valence electrons. The smallest absolute Gasteiger partial charge is 0.410 e. The lowest BCUT2D eigenvalue weighted by atomic mass is 9.79. The van der Waals surface area contributed by atoms with Crippen LogP contribution >= 0.6 is 0 Å². The van der Waals surface area contributed by atoms with Crippen molar-refractivity contribution in [1.29, 1.82) is 0 Å². The first kappa shape index (κ1) is 14.2. The maximum absolute atomic E-state index is 12.2. The summed E-state index contributed by atoms with van der Waals surface area (Å²) in [5, 5.41) is 13.3. The lowest BCUT2D eigenvalue weighted by Gasteiger charge is -2.41. The van der Waals surface area contributed by atoms with Crippen LogP contribution < -0.4 is 5.32 Å². The van der Waals surface area contributed by atoms with Crippen molar-refractivity contribution in [3.8, 4) is 5.75 Å². The predicted octanol–water partition coefficient (Wildman–Crippen LogP) is 2.10. The Morgan fingerprint density at radius 3 is 2.81 bits per heavy atom. The number of nitrogens with zero attached hydrogens (tertiary/aromatic N) is 1. The van der Waals surface area contributed by atoms with Crippen molar-refractivity contribution in [1.82, 2.24) is 10.2 Å². The van der Waals surface area contributed by atoms with Gasteiger partial charge in [0.2, 0.25) is 0 Å². The number of aromatic hydroxyl groups is 1. The van der Waals surface area contributed by atoms with Crippen molar-refractivity contribution < 1.29 is 14.6 Å². The summed E-state index contributed by atoms with van der Waals surface area (Å²) in [4.78, 5) is 13.9. The molecular formula is C16H22N2O3. The van der Waals surface area contributed by atoms with Crippen molar-refractivity contribution in [3.05, 3.63) is 29.8 Å². The van der Waals surface area contributed by atoms with Crippen LogP contribution in [0.5, 0.6) is 5.75 Å². The fourth-order valence-electron chi connectivity index (χ4n) is 3.41. The van der Waals surface area contributed by atoms with Gasteiger partial charge in [0.15, 0.2) is 0 Å². The summed E-state index contributed by atoms with van der Waals surface area (Å²) in [6.45, 7) is 4.90. The maximum Gasteiger partial charge on any atom is 0.410 e. The summed E-state index contributed by atoms with van der Waals surface area (Å²) in [5.74, 6) is 0.654. The molecule has 0 aliphatic carbocycles. The van der Waals surface area contributed by atoms with E-state index in [0.717, 1.165) is 31.5 Å². The SMILES string of the molecule is CC1(C2CCNCC2)COC(=O)N1Cc1ccccc1O. The van der Waals surface area contributed by atoms with Crippen LogP contribution in [0, 0.1) is 5.92 Å². The molecule has 0 bridgehead atoms. The second-order valence-electron chi connectivity index (χ2n) is 6.15. The Labute approximate surface area is 124 Å². The highest BCUT2D eigenvalue weighted by Crippen LogP contribution is 2.38. The van der Waals surface area contributed by atoms with Gasteiger partial charge in [-0.1, -0.05) is 18.2 Å². The minimum Gasteiger partial charge on any atom is -0.508 e. The molecule has 1 unspecified atom stereocenters. The second-order valence-corrected chi connectivity index (χ2v) is 6.15. The number of ether oxygens (including phenoxy) is 1. The summed E-state index contributed by atoms with van der Waals surface area (Å²) >= 11 is 0. The number of amides is 1. The van der Waals surface area contributed by atoms with Gasteiger partial charge in [0, 0.05) is 5.56 Å². The molecule has 21 heavy (non-hydrogen) atoms. The van der Waals surface area contributed by atoms with Gasteiger partial charge in [-0.2, -0.15) is 0 Å².